The first-order valence-corrected chi connectivity index (χ1v) is 10.4. The van der Waals surface area contributed by atoms with Gasteiger partial charge in [-0.1, -0.05) is 59.0 Å². The van der Waals surface area contributed by atoms with Crippen molar-refractivity contribution in [3.05, 3.63) is 12.2 Å². The summed E-state index contributed by atoms with van der Waals surface area (Å²) in [7, 11) is 0. The molecule has 0 unspecified atom stereocenters. The van der Waals surface area contributed by atoms with Crippen LogP contribution in [0.15, 0.2) is 12.2 Å². The largest absolute Gasteiger partial charge is 0.456 e. The van der Waals surface area contributed by atoms with E-state index in [1.54, 1.807) is 0 Å². The van der Waals surface area contributed by atoms with E-state index in [9.17, 15) is 9.59 Å². The Morgan fingerprint density at radius 3 is 1.85 bits per heavy atom. The second-order valence-corrected chi connectivity index (χ2v) is 8.58. The molecular weight excluding hydrogens is 328 g/mol. The molecule has 0 spiro atoms. The number of esters is 2. The second kappa shape index (κ2) is 9.57. The molecule has 0 aromatic heterocycles. The molecule has 2 aliphatic rings. The van der Waals surface area contributed by atoms with E-state index < -0.39 is 17.5 Å². The van der Waals surface area contributed by atoms with Crippen molar-refractivity contribution < 1.29 is 19.1 Å². The molecule has 0 bridgehead atoms. The zero-order valence-electron chi connectivity index (χ0n) is 16.9. The van der Waals surface area contributed by atoms with Crippen molar-refractivity contribution in [1.29, 1.82) is 0 Å². The van der Waals surface area contributed by atoms with Crippen molar-refractivity contribution >= 4 is 11.9 Å². The van der Waals surface area contributed by atoms with Crippen LogP contribution in [0, 0.1) is 17.8 Å². The van der Waals surface area contributed by atoms with Gasteiger partial charge < -0.3 is 9.47 Å². The number of rotatable bonds is 7. The average molecular weight is 365 g/mol. The smallest absolute Gasteiger partial charge is 0.344 e. The summed E-state index contributed by atoms with van der Waals surface area (Å²) in [5.74, 6) is -0.0786. The maximum absolute atomic E-state index is 12.5. The van der Waals surface area contributed by atoms with Crippen LogP contribution in [0.3, 0.4) is 0 Å². The molecule has 26 heavy (non-hydrogen) atoms. The summed E-state index contributed by atoms with van der Waals surface area (Å²) < 4.78 is 11.2. The van der Waals surface area contributed by atoms with Crippen LogP contribution < -0.4 is 0 Å². The molecule has 2 rings (SSSR count). The van der Waals surface area contributed by atoms with Gasteiger partial charge in [-0.15, -0.1) is 0 Å². The molecule has 0 aliphatic heterocycles. The highest BCUT2D eigenvalue weighted by Crippen LogP contribution is 2.45. The maximum Gasteiger partial charge on any atom is 0.344 e. The van der Waals surface area contributed by atoms with Crippen LogP contribution in [-0.2, 0) is 19.1 Å². The van der Waals surface area contributed by atoms with E-state index in [1.165, 1.54) is 38.5 Å². The first-order valence-electron chi connectivity index (χ1n) is 10.4. The van der Waals surface area contributed by atoms with Crippen LogP contribution in [-0.4, -0.2) is 24.1 Å². The molecule has 4 nitrogen and oxygen atoms in total. The van der Waals surface area contributed by atoms with Gasteiger partial charge in [0.2, 0.25) is 0 Å². The fourth-order valence-electron chi connectivity index (χ4n) is 4.58. The highest BCUT2D eigenvalue weighted by atomic mass is 16.6. The third kappa shape index (κ3) is 5.34. The standard InChI is InChI=1S/C22H36O4/c1-16(2)17(3)21(24)25-15-20(23)26-22(4,18-11-7-5-8-12-18)19-13-9-6-10-14-19/h16,18-19H,3,5-15H2,1-2,4H3. The Morgan fingerprint density at radius 2 is 1.42 bits per heavy atom. The Morgan fingerprint density at radius 1 is 0.962 bits per heavy atom. The van der Waals surface area contributed by atoms with E-state index in [4.69, 9.17) is 9.47 Å². The maximum atomic E-state index is 12.5. The van der Waals surface area contributed by atoms with Gasteiger partial charge in [0.05, 0.1) is 0 Å². The molecule has 2 aliphatic carbocycles. The van der Waals surface area contributed by atoms with Crippen LogP contribution in [0.2, 0.25) is 0 Å². The fourth-order valence-corrected chi connectivity index (χ4v) is 4.58. The van der Waals surface area contributed by atoms with Crippen molar-refractivity contribution in [2.24, 2.45) is 17.8 Å². The number of carbonyl (C=O) groups is 2. The minimum Gasteiger partial charge on any atom is -0.456 e. The van der Waals surface area contributed by atoms with Crippen LogP contribution in [0.4, 0.5) is 0 Å². The third-order valence-corrected chi connectivity index (χ3v) is 6.45. The molecule has 148 valence electrons. The van der Waals surface area contributed by atoms with E-state index in [-0.39, 0.29) is 12.5 Å². The van der Waals surface area contributed by atoms with Gasteiger partial charge in [-0.3, -0.25) is 0 Å². The van der Waals surface area contributed by atoms with E-state index in [1.807, 2.05) is 13.8 Å². The molecule has 0 aromatic rings. The molecule has 4 heteroatoms. The molecule has 0 saturated heterocycles. The second-order valence-electron chi connectivity index (χ2n) is 8.58. The van der Waals surface area contributed by atoms with Crippen molar-refractivity contribution in [2.45, 2.75) is 90.6 Å². The van der Waals surface area contributed by atoms with Crippen molar-refractivity contribution in [2.75, 3.05) is 6.61 Å². The summed E-state index contributed by atoms with van der Waals surface area (Å²) in [4.78, 5) is 24.4. The number of carbonyl (C=O) groups excluding carboxylic acids is 2. The lowest BCUT2D eigenvalue weighted by Crippen LogP contribution is -2.48. The Kier molecular flexibility index (Phi) is 7.72. The SMILES string of the molecule is C=C(C(=O)OCC(=O)OC(C)(C1CCCCC1)C1CCCCC1)C(C)C. The van der Waals surface area contributed by atoms with Crippen LogP contribution in [0.5, 0.6) is 0 Å². The van der Waals surface area contributed by atoms with Gasteiger partial charge in [-0.05, 0) is 50.4 Å². The summed E-state index contributed by atoms with van der Waals surface area (Å²) in [5, 5.41) is 0. The zero-order chi connectivity index (χ0) is 19.2. The topological polar surface area (TPSA) is 52.6 Å². The molecule has 2 fully saturated rings. The minimum absolute atomic E-state index is 0.00765. The van der Waals surface area contributed by atoms with Gasteiger partial charge in [0.15, 0.2) is 6.61 Å². The number of ether oxygens (including phenoxy) is 2. The average Bonchev–Trinajstić information content (AvgIpc) is 2.66. The fraction of sp³-hybridized carbons (Fsp3) is 0.818. The van der Waals surface area contributed by atoms with Gasteiger partial charge in [0.25, 0.3) is 0 Å². The summed E-state index contributed by atoms with van der Waals surface area (Å²) >= 11 is 0. The highest BCUT2D eigenvalue weighted by Gasteiger charge is 2.45. The van der Waals surface area contributed by atoms with Crippen LogP contribution >= 0.6 is 0 Å². The molecule has 0 heterocycles. The minimum atomic E-state index is -0.506. The monoisotopic (exact) mass is 364 g/mol. The quantitative estimate of drug-likeness (QED) is 0.460. The molecule has 0 atom stereocenters. The number of hydrogen-bond donors (Lipinski definition) is 0. The Balaban J connectivity index is 1.99. The van der Waals surface area contributed by atoms with E-state index in [2.05, 4.69) is 13.5 Å². The molecule has 0 radical (unpaired) electrons. The zero-order valence-corrected chi connectivity index (χ0v) is 16.9. The first kappa shape index (κ1) is 21.0. The third-order valence-electron chi connectivity index (χ3n) is 6.45. The van der Waals surface area contributed by atoms with Gasteiger partial charge in [-0.2, -0.15) is 0 Å². The molecule has 0 aromatic carbocycles. The molecule has 0 amide bonds. The van der Waals surface area contributed by atoms with Gasteiger partial charge in [0, 0.05) is 5.57 Å². The van der Waals surface area contributed by atoms with E-state index in [0.717, 1.165) is 25.7 Å². The summed E-state index contributed by atoms with van der Waals surface area (Å²) in [6.07, 6.45) is 11.9. The normalized spacial score (nSPS) is 20.0. The Hall–Kier alpha value is -1.32. The Labute approximate surface area is 158 Å². The number of hydrogen-bond acceptors (Lipinski definition) is 4. The predicted molar refractivity (Wildman–Crippen MR) is 103 cm³/mol. The lowest BCUT2D eigenvalue weighted by atomic mass is 9.67. The summed E-state index contributed by atoms with van der Waals surface area (Å²) in [6, 6.07) is 0. The summed E-state index contributed by atoms with van der Waals surface area (Å²) in [5.41, 5.74) is -0.0422. The van der Waals surface area contributed by atoms with Crippen molar-refractivity contribution in [1.82, 2.24) is 0 Å². The first-order chi connectivity index (χ1) is 12.3. The lowest BCUT2D eigenvalue weighted by molar-refractivity contribution is -0.183. The molecule has 0 N–H and O–H groups in total. The van der Waals surface area contributed by atoms with Crippen LogP contribution in [0.25, 0.3) is 0 Å². The summed E-state index contributed by atoms with van der Waals surface area (Å²) in [6.45, 7) is 9.30. The van der Waals surface area contributed by atoms with E-state index >= 15 is 0 Å². The molecular formula is C22H36O4. The lowest BCUT2D eigenvalue weighted by Gasteiger charge is -2.46. The van der Waals surface area contributed by atoms with Gasteiger partial charge in [0.1, 0.15) is 5.60 Å². The van der Waals surface area contributed by atoms with Crippen molar-refractivity contribution in [3.63, 3.8) is 0 Å². The van der Waals surface area contributed by atoms with Crippen molar-refractivity contribution in [3.8, 4) is 0 Å². The predicted octanol–water partition coefficient (Wildman–Crippen LogP) is 5.20. The highest BCUT2D eigenvalue weighted by molar-refractivity contribution is 5.89. The molecule has 2 saturated carbocycles. The Bertz CT molecular complexity index is 478. The van der Waals surface area contributed by atoms with E-state index in [0.29, 0.717) is 17.4 Å². The van der Waals surface area contributed by atoms with Gasteiger partial charge in [-0.25, -0.2) is 9.59 Å². The van der Waals surface area contributed by atoms with Gasteiger partial charge >= 0.3 is 11.9 Å². The van der Waals surface area contributed by atoms with Crippen LogP contribution in [0.1, 0.15) is 85.0 Å².